The Balaban J connectivity index is 2.54. The minimum atomic E-state index is -3.22. The number of hydrogen-bond acceptors (Lipinski definition) is 2. The molecule has 0 radical (unpaired) electrons. The zero-order chi connectivity index (χ0) is 22.0. The van der Waals surface area contributed by atoms with Gasteiger partial charge in [0.1, 0.15) is 11.8 Å². The van der Waals surface area contributed by atoms with Crippen LogP contribution in [0.5, 0.6) is 0 Å². The quantitative estimate of drug-likeness (QED) is 0.454. The van der Waals surface area contributed by atoms with Crippen LogP contribution in [0.25, 0.3) is 5.57 Å². The number of hydrogen-bond donors (Lipinski definition) is 1. The van der Waals surface area contributed by atoms with E-state index in [4.69, 9.17) is 0 Å². The lowest BCUT2D eigenvalue weighted by atomic mass is 9.93. The molecule has 0 heterocycles. The molecule has 0 fully saturated rings. The van der Waals surface area contributed by atoms with Gasteiger partial charge in [0.2, 0.25) is 0 Å². The van der Waals surface area contributed by atoms with Gasteiger partial charge in [0, 0.05) is 32.0 Å². The lowest BCUT2D eigenvalue weighted by Crippen LogP contribution is -2.13. The van der Waals surface area contributed by atoms with Crippen molar-refractivity contribution in [1.82, 2.24) is 5.32 Å². The number of nitrogens with zero attached hydrogens (tertiary/aromatic N) is 1. The fraction of sp³-hybridized carbons (Fsp3) is 0.348. The first-order valence-corrected chi connectivity index (χ1v) is 9.15. The largest absolute Gasteiger partial charge is 0.379 e. The third-order valence-electron chi connectivity index (χ3n) is 4.72. The predicted molar refractivity (Wildman–Crippen MR) is 107 cm³/mol. The number of halogens is 4. The smallest absolute Gasteiger partial charge is 0.270 e. The van der Waals surface area contributed by atoms with Crippen molar-refractivity contribution in [2.24, 2.45) is 0 Å². The van der Waals surface area contributed by atoms with Crippen LogP contribution < -0.4 is 5.32 Å². The number of nitriles is 1. The molecule has 0 unspecified atom stereocenters. The average Bonchev–Trinajstić information content (AvgIpc) is 2.60. The van der Waals surface area contributed by atoms with Crippen molar-refractivity contribution in [1.29, 1.82) is 5.26 Å². The Morgan fingerprint density at radius 1 is 0.931 bits per heavy atom. The molecule has 0 aliphatic carbocycles. The van der Waals surface area contributed by atoms with E-state index in [0.29, 0.717) is 25.1 Å². The number of rotatable bonds is 6. The van der Waals surface area contributed by atoms with Gasteiger partial charge in [-0.25, -0.2) is 17.6 Å². The molecule has 154 valence electrons. The summed E-state index contributed by atoms with van der Waals surface area (Å²) in [5, 5.41) is 12.1. The zero-order valence-electron chi connectivity index (χ0n) is 17.1. The molecule has 0 saturated carbocycles. The average molecular weight is 404 g/mol. The van der Waals surface area contributed by atoms with Crippen molar-refractivity contribution in [2.75, 3.05) is 7.05 Å². The van der Waals surface area contributed by atoms with E-state index in [1.807, 2.05) is 32.0 Å². The normalized spacial score (nSPS) is 13.0. The molecular formula is C23H24F4N2. The summed E-state index contributed by atoms with van der Waals surface area (Å²) in [7, 11) is 1.65. The van der Waals surface area contributed by atoms with Crippen LogP contribution in [0.4, 0.5) is 17.6 Å². The summed E-state index contributed by atoms with van der Waals surface area (Å²) in [5.41, 5.74) is 3.20. The Hall–Kier alpha value is -2.81. The van der Waals surface area contributed by atoms with Gasteiger partial charge in [-0.2, -0.15) is 5.26 Å². The second-order valence-corrected chi connectivity index (χ2v) is 7.44. The topological polar surface area (TPSA) is 35.8 Å². The van der Waals surface area contributed by atoms with Crippen molar-refractivity contribution in [3.8, 4) is 6.07 Å². The molecule has 0 atom stereocenters. The van der Waals surface area contributed by atoms with Crippen molar-refractivity contribution in [2.45, 2.75) is 46.0 Å². The number of aryl methyl sites for hydroxylation is 1. The summed E-state index contributed by atoms with van der Waals surface area (Å²) in [4.78, 5) is 0. The minimum absolute atomic E-state index is 0.219. The minimum Gasteiger partial charge on any atom is -0.379 e. The predicted octanol–water partition coefficient (Wildman–Crippen LogP) is 6.28. The molecule has 0 spiro atoms. The van der Waals surface area contributed by atoms with Gasteiger partial charge in [-0.05, 0) is 60.7 Å². The molecule has 2 aromatic carbocycles. The van der Waals surface area contributed by atoms with E-state index in [-0.39, 0.29) is 6.42 Å². The van der Waals surface area contributed by atoms with Crippen LogP contribution in [-0.2, 0) is 18.3 Å². The van der Waals surface area contributed by atoms with Gasteiger partial charge in [0.05, 0.1) is 0 Å². The van der Waals surface area contributed by atoms with Crippen LogP contribution in [0, 0.1) is 18.3 Å². The first kappa shape index (κ1) is 22.5. The monoisotopic (exact) mass is 404 g/mol. The Kier molecular flexibility index (Phi) is 6.42. The summed E-state index contributed by atoms with van der Waals surface area (Å²) >= 11 is 0. The number of alkyl halides is 4. The molecule has 29 heavy (non-hydrogen) atoms. The van der Waals surface area contributed by atoms with Gasteiger partial charge in [-0.15, -0.1) is 0 Å². The summed E-state index contributed by atoms with van der Waals surface area (Å²) in [6, 6.07) is 11.1. The highest BCUT2D eigenvalue weighted by Gasteiger charge is 2.30. The third kappa shape index (κ3) is 5.60. The first-order chi connectivity index (χ1) is 13.3. The lowest BCUT2D eigenvalue weighted by molar-refractivity contribution is 0.0104. The molecule has 0 aromatic heterocycles. The summed E-state index contributed by atoms with van der Waals surface area (Å²) in [6.07, 6.45) is 0.219. The van der Waals surface area contributed by atoms with E-state index in [1.165, 1.54) is 12.1 Å². The fourth-order valence-electron chi connectivity index (χ4n) is 3.19. The van der Waals surface area contributed by atoms with Gasteiger partial charge >= 0.3 is 0 Å². The van der Waals surface area contributed by atoms with Gasteiger partial charge in [-0.3, -0.25) is 0 Å². The SMILES string of the molecule is CN/C(C#N)=C(\C)c1cc(C)cc(Cc2cc(C(C)(F)F)cc(C(C)(F)F)c2)c1. The Labute approximate surface area is 168 Å². The van der Waals surface area contributed by atoms with Crippen LogP contribution in [0.1, 0.15) is 54.2 Å². The summed E-state index contributed by atoms with van der Waals surface area (Å²) in [6.45, 7) is 5.09. The summed E-state index contributed by atoms with van der Waals surface area (Å²) in [5.74, 6) is -6.44. The maximum atomic E-state index is 13.9. The second-order valence-electron chi connectivity index (χ2n) is 7.44. The molecule has 6 heteroatoms. The summed E-state index contributed by atoms with van der Waals surface area (Å²) < 4.78 is 55.4. The van der Waals surface area contributed by atoms with E-state index in [1.54, 1.807) is 7.05 Å². The zero-order valence-corrected chi connectivity index (χ0v) is 17.1. The van der Waals surface area contributed by atoms with E-state index in [0.717, 1.165) is 28.3 Å². The molecule has 0 aliphatic heterocycles. The molecule has 0 bridgehead atoms. The van der Waals surface area contributed by atoms with E-state index in [9.17, 15) is 22.8 Å². The molecule has 0 aliphatic rings. The van der Waals surface area contributed by atoms with Crippen LogP contribution in [0.2, 0.25) is 0 Å². The molecule has 2 nitrogen and oxygen atoms in total. The molecule has 2 rings (SSSR count). The first-order valence-electron chi connectivity index (χ1n) is 9.15. The maximum Gasteiger partial charge on any atom is 0.270 e. The van der Waals surface area contributed by atoms with Gasteiger partial charge < -0.3 is 5.32 Å². The van der Waals surface area contributed by atoms with E-state index >= 15 is 0 Å². The Morgan fingerprint density at radius 3 is 1.90 bits per heavy atom. The standard InChI is InChI=1S/C23H24F4N2/c1-14-6-16(9-18(7-14)15(2)21(13-28)29-5)8-17-10-19(22(3,24)25)12-20(11-17)23(4,26)27/h6-7,9-12,29H,8H2,1-5H3/b21-15+. The highest BCUT2D eigenvalue weighted by molar-refractivity contribution is 5.70. The van der Waals surface area contributed by atoms with E-state index in [2.05, 4.69) is 11.4 Å². The number of nitrogens with one attached hydrogen (secondary N) is 1. The fourth-order valence-corrected chi connectivity index (χ4v) is 3.19. The molecule has 2 aromatic rings. The number of allylic oxidation sites excluding steroid dienone is 2. The van der Waals surface area contributed by atoms with Crippen LogP contribution in [0.3, 0.4) is 0 Å². The maximum absolute atomic E-state index is 13.9. The molecule has 0 amide bonds. The number of benzene rings is 2. The Bertz CT molecular complexity index is 942. The van der Waals surface area contributed by atoms with Gasteiger partial charge in [0.25, 0.3) is 11.8 Å². The van der Waals surface area contributed by atoms with Crippen molar-refractivity contribution >= 4 is 5.57 Å². The lowest BCUT2D eigenvalue weighted by Gasteiger charge is -2.18. The van der Waals surface area contributed by atoms with E-state index < -0.39 is 23.0 Å². The van der Waals surface area contributed by atoms with Crippen LogP contribution in [-0.4, -0.2) is 7.05 Å². The van der Waals surface area contributed by atoms with Crippen LogP contribution in [0.15, 0.2) is 42.1 Å². The second kappa shape index (κ2) is 8.28. The highest BCUT2D eigenvalue weighted by Crippen LogP contribution is 2.35. The Morgan fingerprint density at radius 2 is 1.45 bits per heavy atom. The van der Waals surface area contributed by atoms with Crippen LogP contribution >= 0.6 is 0 Å². The molecule has 1 N–H and O–H groups in total. The van der Waals surface area contributed by atoms with Gasteiger partial charge in [0.15, 0.2) is 0 Å². The van der Waals surface area contributed by atoms with Crippen molar-refractivity contribution in [3.63, 3.8) is 0 Å². The highest BCUT2D eigenvalue weighted by atomic mass is 19.3. The van der Waals surface area contributed by atoms with Crippen molar-refractivity contribution in [3.05, 3.63) is 75.5 Å². The molecule has 0 saturated heterocycles. The van der Waals surface area contributed by atoms with Crippen molar-refractivity contribution < 1.29 is 17.6 Å². The third-order valence-corrected chi connectivity index (χ3v) is 4.72. The molecular weight excluding hydrogens is 380 g/mol. The van der Waals surface area contributed by atoms with Gasteiger partial charge in [-0.1, -0.05) is 23.8 Å².